The van der Waals surface area contributed by atoms with Gasteiger partial charge in [-0.25, -0.2) is 0 Å². The van der Waals surface area contributed by atoms with Crippen molar-refractivity contribution in [3.8, 4) is 0 Å². The third-order valence-electron chi connectivity index (χ3n) is 4.44. The summed E-state index contributed by atoms with van der Waals surface area (Å²) in [5.41, 5.74) is 5.99. The molecule has 3 heterocycles. The van der Waals surface area contributed by atoms with Crippen molar-refractivity contribution >= 4 is 28.8 Å². The van der Waals surface area contributed by atoms with E-state index in [9.17, 15) is 4.79 Å². The van der Waals surface area contributed by atoms with E-state index in [1.54, 1.807) is 11.3 Å². The Balaban J connectivity index is 1.70. The number of thiophene rings is 1. The lowest BCUT2D eigenvalue weighted by atomic mass is 9.84. The van der Waals surface area contributed by atoms with Gasteiger partial charge in [0.05, 0.1) is 10.4 Å². The third-order valence-corrected chi connectivity index (χ3v) is 5.77. The van der Waals surface area contributed by atoms with Crippen molar-refractivity contribution in [3.05, 3.63) is 21.3 Å². The number of carbonyl (C=O) groups is 1. The van der Waals surface area contributed by atoms with E-state index in [0.717, 1.165) is 30.3 Å². The van der Waals surface area contributed by atoms with Crippen LogP contribution in [0.5, 0.6) is 0 Å². The lowest BCUT2D eigenvalue weighted by Crippen LogP contribution is -2.55. The minimum atomic E-state index is 0.208. The Bertz CT molecular complexity index is 493. The van der Waals surface area contributed by atoms with E-state index < -0.39 is 0 Å². The summed E-state index contributed by atoms with van der Waals surface area (Å²) in [5.74, 6) is 0.769. The third kappa shape index (κ3) is 2.86. The number of likely N-dealkylation sites (tertiary alicyclic amines) is 1. The summed E-state index contributed by atoms with van der Waals surface area (Å²) in [6, 6.07) is 4.64. The van der Waals surface area contributed by atoms with Gasteiger partial charge in [-0.1, -0.05) is 11.6 Å². The predicted molar refractivity (Wildman–Crippen MR) is 82.0 cm³/mol. The second-order valence-corrected chi connectivity index (χ2v) is 7.40. The van der Waals surface area contributed by atoms with Crippen molar-refractivity contribution in [1.29, 1.82) is 0 Å². The number of nitrogens with zero attached hydrogens (tertiary/aromatic N) is 1. The van der Waals surface area contributed by atoms with Gasteiger partial charge in [0.25, 0.3) is 0 Å². The monoisotopic (exact) mass is 313 g/mol. The maximum atomic E-state index is 11.5. The summed E-state index contributed by atoms with van der Waals surface area (Å²) in [7, 11) is 0. The van der Waals surface area contributed by atoms with Crippen LogP contribution in [0.2, 0.25) is 4.34 Å². The van der Waals surface area contributed by atoms with Crippen molar-refractivity contribution in [3.63, 3.8) is 0 Å². The average Bonchev–Trinajstić information content (AvgIpc) is 2.86. The first-order valence-electron chi connectivity index (χ1n) is 7.16. The molecule has 2 aliphatic heterocycles. The number of hydrogen-bond donors (Lipinski definition) is 2. The Morgan fingerprint density at radius 2 is 2.35 bits per heavy atom. The van der Waals surface area contributed by atoms with Crippen molar-refractivity contribution in [2.45, 2.75) is 31.3 Å². The van der Waals surface area contributed by atoms with Gasteiger partial charge in [0.1, 0.15) is 0 Å². The van der Waals surface area contributed by atoms with Crippen LogP contribution < -0.4 is 11.1 Å². The molecule has 0 aromatic carbocycles. The summed E-state index contributed by atoms with van der Waals surface area (Å²) in [4.78, 5) is 15.2. The molecule has 3 rings (SSSR count). The first-order valence-corrected chi connectivity index (χ1v) is 8.35. The molecule has 4 nitrogen and oxygen atoms in total. The zero-order valence-electron chi connectivity index (χ0n) is 11.3. The molecule has 2 fully saturated rings. The van der Waals surface area contributed by atoms with Gasteiger partial charge in [0, 0.05) is 37.0 Å². The molecule has 20 heavy (non-hydrogen) atoms. The topological polar surface area (TPSA) is 58.4 Å². The van der Waals surface area contributed by atoms with Gasteiger partial charge in [-0.2, -0.15) is 0 Å². The van der Waals surface area contributed by atoms with Gasteiger partial charge in [0.2, 0.25) is 5.91 Å². The number of halogens is 1. The smallest absolute Gasteiger partial charge is 0.220 e. The SMILES string of the molecule is NCC(c1ccc(Cl)s1)N1CCC2NC(=O)CCC2C1. The zero-order chi connectivity index (χ0) is 14.1. The standard InChI is InChI=1S/C14H20ClN3OS/c15-13-3-2-12(20-13)11(7-16)18-6-5-10-9(8-18)1-4-14(19)17-10/h2-3,9-11H,1,4-8,16H2,(H,17,19). The van der Waals surface area contributed by atoms with E-state index in [-0.39, 0.29) is 11.9 Å². The summed E-state index contributed by atoms with van der Waals surface area (Å²) >= 11 is 7.66. The summed E-state index contributed by atoms with van der Waals surface area (Å²) in [6.45, 7) is 2.61. The van der Waals surface area contributed by atoms with Crippen LogP contribution in [0, 0.1) is 5.92 Å². The van der Waals surface area contributed by atoms with Gasteiger partial charge in [-0.15, -0.1) is 11.3 Å². The predicted octanol–water partition coefficient (Wildman–Crippen LogP) is 2.00. The Kier molecular flexibility index (Phi) is 4.31. The first-order chi connectivity index (χ1) is 9.67. The second kappa shape index (κ2) is 6.02. The molecule has 0 bridgehead atoms. The molecule has 1 aromatic heterocycles. The van der Waals surface area contributed by atoms with Crippen LogP contribution in [-0.2, 0) is 4.79 Å². The highest BCUT2D eigenvalue weighted by Gasteiger charge is 2.36. The van der Waals surface area contributed by atoms with Crippen LogP contribution >= 0.6 is 22.9 Å². The number of nitrogens with two attached hydrogens (primary N) is 1. The van der Waals surface area contributed by atoms with E-state index in [2.05, 4.69) is 16.3 Å². The molecule has 1 aromatic rings. The fourth-order valence-corrected chi connectivity index (χ4v) is 4.58. The average molecular weight is 314 g/mol. The van der Waals surface area contributed by atoms with E-state index in [4.69, 9.17) is 17.3 Å². The number of amides is 1. The van der Waals surface area contributed by atoms with Crippen molar-refractivity contribution in [2.24, 2.45) is 11.7 Å². The van der Waals surface area contributed by atoms with Crippen molar-refractivity contribution in [1.82, 2.24) is 10.2 Å². The molecule has 3 N–H and O–H groups in total. The van der Waals surface area contributed by atoms with Crippen molar-refractivity contribution in [2.75, 3.05) is 19.6 Å². The Morgan fingerprint density at radius 3 is 3.05 bits per heavy atom. The molecule has 3 unspecified atom stereocenters. The number of nitrogens with one attached hydrogen (secondary N) is 1. The molecule has 0 aliphatic carbocycles. The normalized spacial score (nSPS) is 28.8. The lowest BCUT2D eigenvalue weighted by molar-refractivity contribution is -0.125. The van der Waals surface area contributed by atoms with Crippen LogP contribution in [0.25, 0.3) is 0 Å². The fourth-order valence-electron chi connectivity index (χ4n) is 3.37. The second-order valence-electron chi connectivity index (χ2n) is 5.65. The lowest BCUT2D eigenvalue weighted by Gasteiger charge is -2.44. The molecule has 2 saturated heterocycles. The minimum Gasteiger partial charge on any atom is -0.353 e. The van der Waals surface area contributed by atoms with Gasteiger partial charge in [0.15, 0.2) is 0 Å². The molecule has 3 atom stereocenters. The molecular weight excluding hydrogens is 294 g/mol. The quantitative estimate of drug-likeness (QED) is 0.897. The molecule has 0 saturated carbocycles. The van der Waals surface area contributed by atoms with E-state index in [0.29, 0.717) is 24.9 Å². The number of fused-ring (bicyclic) bond motifs is 1. The van der Waals surface area contributed by atoms with Crippen LogP contribution in [0.1, 0.15) is 30.2 Å². The first kappa shape index (κ1) is 14.3. The van der Waals surface area contributed by atoms with Gasteiger partial charge in [-0.3, -0.25) is 9.69 Å². The fraction of sp³-hybridized carbons (Fsp3) is 0.643. The summed E-state index contributed by atoms with van der Waals surface area (Å²) in [5, 5.41) is 3.12. The van der Waals surface area contributed by atoms with Crippen LogP contribution in [-0.4, -0.2) is 36.5 Å². The number of piperidine rings is 2. The van der Waals surface area contributed by atoms with Crippen LogP contribution in [0.4, 0.5) is 0 Å². The van der Waals surface area contributed by atoms with Gasteiger partial charge >= 0.3 is 0 Å². The molecule has 2 aliphatic rings. The number of rotatable bonds is 3. The molecule has 1 amide bonds. The minimum absolute atomic E-state index is 0.208. The highest BCUT2D eigenvalue weighted by Crippen LogP contribution is 2.34. The highest BCUT2D eigenvalue weighted by atomic mass is 35.5. The Morgan fingerprint density at radius 1 is 1.50 bits per heavy atom. The summed E-state index contributed by atoms with van der Waals surface area (Å²) in [6.07, 6.45) is 2.68. The molecular formula is C14H20ClN3OS. The van der Waals surface area contributed by atoms with Gasteiger partial charge in [-0.05, 0) is 30.9 Å². The Labute approximate surface area is 128 Å². The highest BCUT2D eigenvalue weighted by molar-refractivity contribution is 7.16. The zero-order valence-corrected chi connectivity index (χ0v) is 12.9. The van der Waals surface area contributed by atoms with Crippen LogP contribution in [0.3, 0.4) is 0 Å². The van der Waals surface area contributed by atoms with Crippen LogP contribution in [0.15, 0.2) is 12.1 Å². The molecule has 6 heteroatoms. The molecule has 0 radical (unpaired) electrons. The largest absolute Gasteiger partial charge is 0.353 e. The maximum absolute atomic E-state index is 11.5. The van der Waals surface area contributed by atoms with Crippen molar-refractivity contribution < 1.29 is 4.79 Å². The molecule has 110 valence electrons. The molecule has 0 spiro atoms. The van der Waals surface area contributed by atoms with E-state index in [1.807, 2.05) is 6.07 Å². The Hall–Kier alpha value is -0.620. The number of hydrogen-bond acceptors (Lipinski definition) is 4. The van der Waals surface area contributed by atoms with E-state index in [1.165, 1.54) is 4.88 Å². The number of carbonyl (C=O) groups excluding carboxylic acids is 1. The maximum Gasteiger partial charge on any atom is 0.220 e. The summed E-state index contributed by atoms with van der Waals surface area (Å²) < 4.78 is 0.818. The van der Waals surface area contributed by atoms with Gasteiger partial charge < -0.3 is 11.1 Å². The van der Waals surface area contributed by atoms with E-state index >= 15 is 0 Å².